The lowest BCUT2D eigenvalue weighted by Gasteiger charge is -2.33. The first-order chi connectivity index (χ1) is 9.28. The van der Waals surface area contributed by atoms with Gasteiger partial charge in [-0.15, -0.1) is 0 Å². The molecule has 1 fully saturated rings. The van der Waals surface area contributed by atoms with Crippen molar-refractivity contribution in [3.63, 3.8) is 0 Å². The molecule has 108 valence electrons. The third-order valence-electron chi connectivity index (χ3n) is 4.58. The Bertz CT molecular complexity index is 376. The zero-order valence-corrected chi connectivity index (χ0v) is 12.2. The fourth-order valence-electron chi connectivity index (χ4n) is 3.34. The van der Waals surface area contributed by atoms with E-state index in [4.69, 9.17) is 5.84 Å². The number of hydrogen-bond acceptors (Lipinski definition) is 4. The van der Waals surface area contributed by atoms with Crippen molar-refractivity contribution < 1.29 is 0 Å². The van der Waals surface area contributed by atoms with Gasteiger partial charge in [0.1, 0.15) is 12.2 Å². The first-order valence-corrected chi connectivity index (χ1v) is 7.61. The summed E-state index contributed by atoms with van der Waals surface area (Å²) in [5.74, 6) is 8.38. The number of aromatic nitrogens is 3. The van der Waals surface area contributed by atoms with Gasteiger partial charge in [0.25, 0.3) is 0 Å². The molecule has 5 nitrogen and oxygen atoms in total. The number of nitrogens with one attached hydrogen (secondary N) is 1. The Morgan fingerprint density at radius 1 is 1.47 bits per heavy atom. The van der Waals surface area contributed by atoms with Crippen molar-refractivity contribution in [3.05, 3.63) is 12.2 Å². The highest BCUT2D eigenvalue weighted by Gasteiger charge is 2.28. The van der Waals surface area contributed by atoms with Gasteiger partial charge < -0.3 is 0 Å². The zero-order valence-electron chi connectivity index (χ0n) is 12.2. The maximum atomic E-state index is 5.79. The van der Waals surface area contributed by atoms with Crippen molar-refractivity contribution in [1.29, 1.82) is 0 Å². The van der Waals surface area contributed by atoms with Crippen LogP contribution in [0.4, 0.5) is 0 Å². The Hall–Kier alpha value is -0.940. The molecule has 3 N–H and O–H groups in total. The predicted octanol–water partition coefficient (Wildman–Crippen LogP) is 1.89. The second-order valence-electron chi connectivity index (χ2n) is 5.67. The number of aryl methyl sites for hydroxylation is 1. The topological polar surface area (TPSA) is 68.8 Å². The molecular weight excluding hydrogens is 238 g/mol. The number of hydrazine groups is 1. The maximum absolute atomic E-state index is 5.79. The lowest BCUT2D eigenvalue weighted by Crippen LogP contribution is -2.44. The minimum absolute atomic E-state index is 0.323. The van der Waals surface area contributed by atoms with Crippen molar-refractivity contribution in [2.75, 3.05) is 0 Å². The molecule has 2 rings (SSSR count). The summed E-state index contributed by atoms with van der Waals surface area (Å²) < 4.78 is 1.96. The normalized spacial score (nSPS) is 25.4. The molecule has 0 amide bonds. The Balaban J connectivity index is 1.99. The van der Waals surface area contributed by atoms with Crippen molar-refractivity contribution in [2.45, 2.75) is 65.0 Å². The van der Waals surface area contributed by atoms with E-state index >= 15 is 0 Å². The average Bonchev–Trinajstić information content (AvgIpc) is 2.92. The van der Waals surface area contributed by atoms with Gasteiger partial charge in [-0.25, -0.2) is 4.98 Å². The van der Waals surface area contributed by atoms with Crippen LogP contribution in [0.5, 0.6) is 0 Å². The molecule has 1 heterocycles. The summed E-state index contributed by atoms with van der Waals surface area (Å²) in [5.41, 5.74) is 3.02. The lowest BCUT2D eigenvalue weighted by atomic mass is 9.76. The molecule has 3 unspecified atom stereocenters. The molecule has 1 aromatic heterocycles. The van der Waals surface area contributed by atoms with Gasteiger partial charge in [-0.05, 0) is 31.6 Å². The van der Waals surface area contributed by atoms with Crippen LogP contribution in [0.15, 0.2) is 6.33 Å². The summed E-state index contributed by atoms with van der Waals surface area (Å²) in [5, 5.41) is 4.24. The van der Waals surface area contributed by atoms with Crippen LogP contribution in [-0.2, 0) is 13.0 Å². The minimum Gasteiger partial charge on any atom is -0.271 e. The quantitative estimate of drug-likeness (QED) is 0.609. The van der Waals surface area contributed by atoms with Crippen molar-refractivity contribution in [1.82, 2.24) is 20.2 Å². The largest absolute Gasteiger partial charge is 0.271 e. The monoisotopic (exact) mass is 265 g/mol. The lowest BCUT2D eigenvalue weighted by molar-refractivity contribution is 0.205. The Morgan fingerprint density at radius 3 is 3.00 bits per heavy atom. The van der Waals surface area contributed by atoms with Crippen LogP contribution in [0.1, 0.15) is 51.8 Å². The number of nitrogens with zero attached hydrogens (tertiary/aromatic N) is 3. The highest BCUT2D eigenvalue weighted by Crippen LogP contribution is 2.33. The number of rotatable bonds is 6. The predicted molar refractivity (Wildman–Crippen MR) is 76.3 cm³/mol. The van der Waals surface area contributed by atoms with E-state index in [1.165, 1.54) is 32.1 Å². The van der Waals surface area contributed by atoms with Crippen LogP contribution in [0.2, 0.25) is 0 Å². The van der Waals surface area contributed by atoms with Crippen LogP contribution in [0, 0.1) is 11.8 Å². The van der Waals surface area contributed by atoms with Crippen LogP contribution < -0.4 is 11.3 Å². The van der Waals surface area contributed by atoms with Gasteiger partial charge in [0.15, 0.2) is 0 Å². The Kier molecular flexibility index (Phi) is 5.34. The third-order valence-corrected chi connectivity index (χ3v) is 4.58. The molecule has 3 atom stereocenters. The van der Waals surface area contributed by atoms with Crippen molar-refractivity contribution >= 4 is 0 Å². The second-order valence-corrected chi connectivity index (χ2v) is 5.67. The summed E-state index contributed by atoms with van der Waals surface area (Å²) in [6.45, 7) is 5.26. The van der Waals surface area contributed by atoms with E-state index < -0.39 is 0 Å². The first kappa shape index (κ1) is 14.5. The molecule has 0 aromatic carbocycles. The van der Waals surface area contributed by atoms with Crippen LogP contribution in [0.25, 0.3) is 0 Å². The molecule has 0 aliphatic heterocycles. The van der Waals surface area contributed by atoms with E-state index in [9.17, 15) is 0 Å². The molecule has 1 saturated carbocycles. The van der Waals surface area contributed by atoms with Gasteiger partial charge in [-0.3, -0.25) is 16.0 Å². The van der Waals surface area contributed by atoms with Crippen LogP contribution in [-0.4, -0.2) is 20.8 Å². The minimum atomic E-state index is 0.323. The molecule has 1 aliphatic carbocycles. The highest BCUT2D eigenvalue weighted by atomic mass is 15.3. The molecule has 0 bridgehead atoms. The van der Waals surface area contributed by atoms with Gasteiger partial charge in [-0.2, -0.15) is 5.10 Å². The van der Waals surface area contributed by atoms with E-state index in [0.29, 0.717) is 12.0 Å². The first-order valence-electron chi connectivity index (χ1n) is 7.61. The Labute approximate surface area is 115 Å². The van der Waals surface area contributed by atoms with E-state index in [2.05, 4.69) is 29.4 Å². The fourth-order valence-corrected chi connectivity index (χ4v) is 3.34. The maximum Gasteiger partial charge on any atom is 0.138 e. The van der Waals surface area contributed by atoms with Crippen LogP contribution >= 0.6 is 0 Å². The molecule has 5 heteroatoms. The van der Waals surface area contributed by atoms with Gasteiger partial charge in [0, 0.05) is 19.0 Å². The van der Waals surface area contributed by atoms with Gasteiger partial charge in [0.2, 0.25) is 0 Å². The summed E-state index contributed by atoms with van der Waals surface area (Å²) in [4.78, 5) is 4.37. The molecule has 1 aromatic rings. The molecule has 1 aliphatic rings. The highest BCUT2D eigenvalue weighted by molar-refractivity contribution is 4.93. The summed E-state index contributed by atoms with van der Waals surface area (Å²) in [7, 11) is 0. The smallest absolute Gasteiger partial charge is 0.138 e. The second kappa shape index (κ2) is 7.01. The average molecular weight is 265 g/mol. The fraction of sp³-hybridized carbons (Fsp3) is 0.857. The molecule has 0 spiro atoms. The van der Waals surface area contributed by atoms with Gasteiger partial charge >= 0.3 is 0 Å². The SMILES string of the molecule is CCC1CCCC(C(Cc2ncnn2CC)NN)C1. The van der Waals surface area contributed by atoms with E-state index in [0.717, 1.165) is 24.7 Å². The van der Waals surface area contributed by atoms with E-state index in [-0.39, 0.29) is 0 Å². The Morgan fingerprint density at radius 2 is 2.32 bits per heavy atom. The van der Waals surface area contributed by atoms with E-state index in [1.807, 2.05) is 4.68 Å². The summed E-state index contributed by atoms with van der Waals surface area (Å²) in [6, 6.07) is 0.323. The summed E-state index contributed by atoms with van der Waals surface area (Å²) in [6.07, 6.45) is 9.11. The number of hydrogen-bond donors (Lipinski definition) is 2. The van der Waals surface area contributed by atoms with E-state index in [1.54, 1.807) is 6.33 Å². The standard InChI is InChI=1S/C14H27N5/c1-3-11-6-5-7-12(8-11)13(18-15)9-14-16-10-17-19(14)4-2/h10-13,18H,3-9,15H2,1-2H3. The van der Waals surface area contributed by atoms with Crippen LogP contribution in [0.3, 0.4) is 0 Å². The molecule has 0 radical (unpaired) electrons. The van der Waals surface area contributed by atoms with Crippen molar-refractivity contribution in [2.24, 2.45) is 17.7 Å². The molecular formula is C14H27N5. The van der Waals surface area contributed by atoms with Crippen molar-refractivity contribution in [3.8, 4) is 0 Å². The zero-order chi connectivity index (χ0) is 13.7. The number of nitrogens with two attached hydrogens (primary N) is 1. The summed E-state index contributed by atoms with van der Waals surface area (Å²) >= 11 is 0. The molecule has 0 saturated heterocycles. The third kappa shape index (κ3) is 3.54. The molecule has 19 heavy (non-hydrogen) atoms. The van der Waals surface area contributed by atoms with Gasteiger partial charge in [-0.1, -0.05) is 26.2 Å². The van der Waals surface area contributed by atoms with Gasteiger partial charge in [0.05, 0.1) is 0 Å².